The first-order valence-electron chi connectivity index (χ1n) is 11.0. The Morgan fingerprint density at radius 2 is 1.81 bits per heavy atom. The van der Waals surface area contributed by atoms with E-state index in [0.717, 1.165) is 46.3 Å². The van der Waals surface area contributed by atoms with Crippen LogP contribution in [0, 0.1) is 18.8 Å². The highest BCUT2D eigenvalue weighted by Crippen LogP contribution is 2.37. The van der Waals surface area contributed by atoms with Gasteiger partial charge in [-0.05, 0) is 49.3 Å². The number of amides is 1. The smallest absolute Gasteiger partial charge is 0.246 e. The maximum atomic E-state index is 13.0. The van der Waals surface area contributed by atoms with Crippen molar-refractivity contribution in [1.82, 2.24) is 4.90 Å². The molecule has 0 saturated carbocycles. The van der Waals surface area contributed by atoms with Crippen LogP contribution >= 0.6 is 0 Å². The van der Waals surface area contributed by atoms with Gasteiger partial charge >= 0.3 is 0 Å². The lowest BCUT2D eigenvalue weighted by Gasteiger charge is -2.34. The van der Waals surface area contributed by atoms with Crippen molar-refractivity contribution in [1.29, 1.82) is 0 Å². The molecule has 1 aromatic heterocycles. The summed E-state index contributed by atoms with van der Waals surface area (Å²) in [5, 5.41) is 1.01. The van der Waals surface area contributed by atoms with Gasteiger partial charge in [-0.25, -0.2) is 0 Å². The Bertz CT molecular complexity index is 1110. The van der Waals surface area contributed by atoms with Gasteiger partial charge in [0, 0.05) is 41.7 Å². The number of allylic oxidation sites excluding steroid dienone is 1. The normalized spacial score (nSPS) is 19.6. The third kappa shape index (κ3) is 4.39. The lowest BCUT2D eigenvalue weighted by Crippen LogP contribution is -2.41. The highest BCUT2D eigenvalue weighted by Gasteiger charge is 2.24. The molecule has 2 unspecified atom stereocenters. The van der Waals surface area contributed by atoms with Gasteiger partial charge < -0.3 is 14.1 Å². The molecule has 0 N–H and O–H groups in total. The Morgan fingerprint density at radius 3 is 2.45 bits per heavy atom. The van der Waals surface area contributed by atoms with E-state index in [4.69, 9.17) is 9.15 Å². The molecular formula is C27H31NO3. The fraction of sp³-hybridized carbons (Fsp3) is 0.370. The van der Waals surface area contributed by atoms with Gasteiger partial charge in [-0.2, -0.15) is 0 Å². The zero-order valence-electron chi connectivity index (χ0n) is 19.1. The lowest BCUT2D eigenvalue weighted by molar-refractivity contribution is -0.128. The van der Waals surface area contributed by atoms with Gasteiger partial charge in [-0.3, -0.25) is 4.79 Å². The summed E-state index contributed by atoms with van der Waals surface area (Å²) in [5.41, 5.74) is 5.94. The summed E-state index contributed by atoms with van der Waals surface area (Å²) in [6.07, 6.45) is 4.72. The number of hydrogen-bond acceptors (Lipinski definition) is 3. The molecule has 1 aliphatic heterocycles. The Labute approximate surface area is 184 Å². The van der Waals surface area contributed by atoms with E-state index in [2.05, 4.69) is 51.1 Å². The SMILES string of the molecule is COc1cc2occ(-c3ccc(C)cc3)c2cc1/C(C)=C/C(=O)N1CC(C)CC(C)C1. The summed E-state index contributed by atoms with van der Waals surface area (Å²) in [6, 6.07) is 12.4. The number of carbonyl (C=O) groups excluding carboxylic acids is 1. The van der Waals surface area contributed by atoms with E-state index in [0.29, 0.717) is 17.6 Å². The summed E-state index contributed by atoms with van der Waals surface area (Å²) >= 11 is 0. The number of nitrogens with zero attached hydrogens (tertiary/aromatic N) is 1. The largest absolute Gasteiger partial charge is 0.496 e. The van der Waals surface area contributed by atoms with Crippen molar-refractivity contribution in [3.63, 3.8) is 0 Å². The maximum Gasteiger partial charge on any atom is 0.246 e. The second kappa shape index (κ2) is 8.62. The van der Waals surface area contributed by atoms with Crippen LogP contribution < -0.4 is 4.74 Å². The number of aryl methyl sites for hydroxylation is 1. The van der Waals surface area contributed by atoms with Crippen molar-refractivity contribution in [2.75, 3.05) is 20.2 Å². The first-order valence-corrected chi connectivity index (χ1v) is 11.0. The van der Waals surface area contributed by atoms with Crippen LogP contribution in [0.3, 0.4) is 0 Å². The van der Waals surface area contributed by atoms with Crippen molar-refractivity contribution in [3.05, 3.63) is 59.9 Å². The fourth-order valence-corrected chi connectivity index (χ4v) is 4.69. The van der Waals surface area contributed by atoms with Gasteiger partial charge in [0.15, 0.2) is 0 Å². The van der Waals surface area contributed by atoms with Crippen LogP contribution in [0.1, 0.15) is 38.3 Å². The maximum absolute atomic E-state index is 13.0. The molecule has 4 nitrogen and oxygen atoms in total. The number of furan rings is 1. The first kappa shape index (κ1) is 21.2. The van der Waals surface area contributed by atoms with E-state index >= 15 is 0 Å². The van der Waals surface area contributed by atoms with Gasteiger partial charge in [0.2, 0.25) is 5.91 Å². The van der Waals surface area contributed by atoms with E-state index in [1.807, 2.05) is 17.9 Å². The van der Waals surface area contributed by atoms with Crippen molar-refractivity contribution < 1.29 is 13.9 Å². The minimum Gasteiger partial charge on any atom is -0.496 e. The predicted molar refractivity (Wildman–Crippen MR) is 126 cm³/mol. The molecule has 2 aromatic carbocycles. The van der Waals surface area contributed by atoms with Gasteiger partial charge in [0.25, 0.3) is 0 Å². The van der Waals surface area contributed by atoms with Crippen LogP contribution in [0.15, 0.2) is 53.2 Å². The molecule has 3 aromatic rings. The number of benzene rings is 2. The number of likely N-dealkylation sites (tertiary alicyclic amines) is 1. The van der Waals surface area contributed by atoms with Crippen molar-refractivity contribution in [3.8, 4) is 16.9 Å². The molecule has 0 aliphatic carbocycles. The highest BCUT2D eigenvalue weighted by molar-refractivity contribution is 6.00. The van der Waals surface area contributed by atoms with Gasteiger partial charge in [-0.1, -0.05) is 43.7 Å². The van der Waals surface area contributed by atoms with Crippen LogP contribution in [0.25, 0.3) is 27.7 Å². The summed E-state index contributed by atoms with van der Waals surface area (Å²) in [6.45, 7) is 10.1. The molecule has 31 heavy (non-hydrogen) atoms. The average molecular weight is 418 g/mol. The molecule has 1 saturated heterocycles. The van der Waals surface area contributed by atoms with Gasteiger partial charge in [0.05, 0.1) is 13.4 Å². The number of ether oxygens (including phenoxy) is 1. The molecular weight excluding hydrogens is 386 g/mol. The van der Waals surface area contributed by atoms with Crippen LogP contribution in [-0.4, -0.2) is 31.0 Å². The second-order valence-corrected chi connectivity index (χ2v) is 9.08. The molecule has 4 rings (SSSR count). The van der Waals surface area contributed by atoms with E-state index < -0.39 is 0 Å². The Hall–Kier alpha value is -3.01. The zero-order valence-corrected chi connectivity index (χ0v) is 19.1. The average Bonchev–Trinajstić information content (AvgIpc) is 3.15. The number of hydrogen-bond donors (Lipinski definition) is 0. The standard InChI is InChI=1S/C27H31NO3/c1-17-6-8-21(9-7-17)24-16-31-26-13-25(30-5)22(12-23(24)26)20(4)11-27(29)28-14-18(2)10-19(3)15-28/h6-9,11-13,16,18-19H,10,14-15H2,1-5H3/b20-11+. The monoisotopic (exact) mass is 417 g/mol. The number of piperidine rings is 1. The van der Waals surface area contributed by atoms with Gasteiger partial charge in [-0.15, -0.1) is 0 Å². The van der Waals surface area contributed by atoms with Crippen molar-refractivity contribution in [2.45, 2.75) is 34.1 Å². The number of carbonyl (C=O) groups is 1. The summed E-state index contributed by atoms with van der Waals surface area (Å²) in [4.78, 5) is 15.0. The lowest BCUT2D eigenvalue weighted by atomic mass is 9.91. The highest BCUT2D eigenvalue weighted by atomic mass is 16.5. The fourth-order valence-electron chi connectivity index (χ4n) is 4.69. The number of methoxy groups -OCH3 is 1. The predicted octanol–water partition coefficient (Wildman–Crippen LogP) is 6.32. The number of rotatable bonds is 4. The Kier molecular flexibility index (Phi) is 5.90. The molecule has 2 atom stereocenters. The minimum atomic E-state index is 0.0731. The summed E-state index contributed by atoms with van der Waals surface area (Å²) in [7, 11) is 1.65. The van der Waals surface area contributed by atoms with Crippen LogP contribution in [0.5, 0.6) is 5.75 Å². The Morgan fingerprint density at radius 1 is 1.13 bits per heavy atom. The second-order valence-electron chi connectivity index (χ2n) is 9.08. The molecule has 0 bridgehead atoms. The number of fused-ring (bicyclic) bond motifs is 1. The quantitative estimate of drug-likeness (QED) is 0.466. The van der Waals surface area contributed by atoms with E-state index in [1.54, 1.807) is 19.4 Å². The molecule has 1 amide bonds. The topological polar surface area (TPSA) is 42.7 Å². The first-order chi connectivity index (χ1) is 14.9. The van der Waals surface area contributed by atoms with Crippen molar-refractivity contribution in [2.24, 2.45) is 11.8 Å². The molecule has 1 aliphatic rings. The molecule has 1 fully saturated rings. The van der Waals surface area contributed by atoms with Crippen LogP contribution in [0.2, 0.25) is 0 Å². The van der Waals surface area contributed by atoms with Crippen LogP contribution in [0.4, 0.5) is 0 Å². The summed E-state index contributed by atoms with van der Waals surface area (Å²) < 4.78 is 11.5. The van der Waals surface area contributed by atoms with E-state index in [9.17, 15) is 4.79 Å². The third-order valence-corrected chi connectivity index (χ3v) is 6.20. The molecule has 162 valence electrons. The molecule has 2 heterocycles. The van der Waals surface area contributed by atoms with Crippen LogP contribution in [-0.2, 0) is 4.79 Å². The van der Waals surface area contributed by atoms with Crippen molar-refractivity contribution >= 4 is 22.4 Å². The molecule has 0 spiro atoms. The third-order valence-electron chi connectivity index (χ3n) is 6.20. The summed E-state index contributed by atoms with van der Waals surface area (Å²) in [5.74, 6) is 1.86. The minimum absolute atomic E-state index is 0.0731. The zero-order chi connectivity index (χ0) is 22.1. The Balaban J connectivity index is 1.71. The van der Waals surface area contributed by atoms with E-state index in [-0.39, 0.29) is 5.91 Å². The molecule has 4 heteroatoms. The van der Waals surface area contributed by atoms with E-state index in [1.165, 1.54) is 12.0 Å². The van der Waals surface area contributed by atoms with Gasteiger partial charge in [0.1, 0.15) is 11.3 Å². The molecule has 0 radical (unpaired) electrons.